The van der Waals surface area contributed by atoms with E-state index in [1.54, 1.807) is 0 Å². The molecule has 1 aromatic rings. The van der Waals surface area contributed by atoms with Gasteiger partial charge in [0, 0.05) is 12.1 Å². The topological polar surface area (TPSA) is 45.0 Å². The molecule has 0 saturated carbocycles. The first-order valence-electron chi connectivity index (χ1n) is 6.68. The van der Waals surface area contributed by atoms with Crippen LogP contribution < -0.4 is 5.32 Å². The molecule has 2 heterocycles. The van der Waals surface area contributed by atoms with Gasteiger partial charge in [0.05, 0.1) is 23.8 Å². The first-order valence-corrected chi connectivity index (χ1v) is 6.68. The van der Waals surface area contributed by atoms with E-state index in [2.05, 4.69) is 18.3 Å². The predicted octanol–water partition coefficient (Wildman–Crippen LogP) is 2.53. The van der Waals surface area contributed by atoms with E-state index >= 15 is 0 Å². The van der Waals surface area contributed by atoms with Crippen molar-refractivity contribution in [2.75, 3.05) is 0 Å². The minimum Gasteiger partial charge on any atom is -0.373 e. The molecule has 2 aliphatic heterocycles. The number of hydrogen-bond acceptors (Lipinski definition) is 3. The highest BCUT2D eigenvalue weighted by Crippen LogP contribution is 2.35. The van der Waals surface area contributed by atoms with Crippen LogP contribution in [0.5, 0.6) is 0 Å². The second kappa shape index (κ2) is 4.72. The number of hydrogen-bond donors (Lipinski definition) is 1. The second-order valence-electron chi connectivity index (χ2n) is 5.34. The van der Waals surface area contributed by atoms with Crippen LogP contribution in [0.25, 0.3) is 0 Å². The number of nitriles is 1. The Morgan fingerprint density at radius 3 is 2.67 bits per heavy atom. The van der Waals surface area contributed by atoms with E-state index in [9.17, 15) is 0 Å². The van der Waals surface area contributed by atoms with Crippen LogP contribution in [0, 0.1) is 11.3 Å². The van der Waals surface area contributed by atoms with E-state index in [-0.39, 0.29) is 0 Å². The largest absolute Gasteiger partial charge is 0.373 e. The number of nitrogens with zero attached hydrogens (tertiary/aromatic N) is 1. The summed E-state index contributed by atoms with van der Waals surface area (Å²) in [5.41, 5.74) is 1.95. The van der Waals surface area contributed by atoms with Gasteiger partial charge in [0.2, 0.25) is 0 Å². The summed E-state index contributed by atoms with van der Waals surface area (Å²) in [4.78, 5) is 0. The van der Waals surface area contributed by atoms with Crippen molar-refractivity contribution in [1.29, 1.82) is 5.26 Å². The third kappa shape index (κ3) is 2.14. The molecule has 3 rings (SSSR count). The minimum absolute atomic E-state index is 0.311. The van der Waals surface area contributed by atoms with E-state index in [1.165, 1.54) is 18.4 Å². The Kier molecular flexibility index (Phi) is 3.07. The fourth-order valence-corrected chi connectivity index (χ4v) is 3.08. The van der Waals surface area contributed by atoms with Crippen molar-refractivity contribution in [1.82, 2.24) is 5.32 Å². The molecule has 1 aromatic carbocycles. The van der Waals surface area contributed by atoms with Crippen LogP contribution in [0.1, 0.15) is 43.4 Å². The van der Waals surface area contributed by atoms with Gasteiger partial charge in [-0.2, -0.15) is 5.26 Å². The summed E-state index contributed by atoms with van der Waals surface area (Å²) in [5, 5.41) is 12.4. The van der Waals surface area contributed by atoms with Gasteiger partial charge in [0.25, 0.3) is 0 Å². The zero-order valence-corrected chi connectivity index (χ0v) is 10.6. The lowest BCUT2D eigenvalue weighted by atomic mass is 9.94. The number of benzene rings is 1. The molecule has 4 atom stereocenters. The maximum absolute atomic E-state index is 8.79. The Morgan fingerprint density at radius 1 is 1.33 bits per heavy atom. The predicted molar refractivity (Wildman–Crippen MR) is 69.0 cm³/mol. The number of rotatable bonds is 3. The molecule has 18 heavy (non-hydrogen) atoms. The number of fused-ring (bicyclic) bond motifs is 2. The molecule has 2 bridgehead atoms. The highest BCUT2D eigenvalue weighted by Gasteiger charge is 2.40. The Hall–Kier alpha value is -1.37. The number of nitrogens with one attached hydrogen (secondary N) is 1. The van der Waals surface area contributed by atoms with E-state index in [4.69, 9.17) is 10.00 Å². The Morgan fingerprint density at radius 2 is 2.11 bits per heavy atom. The van der Waals surface area contributed by atoms with Crippen molar-refractivity contribution in [2.45, 2.75) is 50.5 Å². The van der Waals surface area contributed by atoms with Crippen LogP contribution in [-0.4, -0.2) is 18.2 Å². The monoisotopic (exact) mass is 242 g/mol. The van der Waals surface area contributed by atoms with Gasteiger partial charge in [-0.25, -0.2) is 0 Å². The summed E-state index contributed by atoms with van der Waals surface area (Å²) in [6.45, 7) is 2.17. The van der Waals surface area contributed by atoms with E-state index in [0.717, 1.165) is 6.42 Å². The smallest absolute Gasteiger partial charge is 0.0991 e. The molecule has 3 heteroatoms. The van der Waals surface area contributed by atoms with Crippen molar-refractivity contribution in [2.24, 2.45) is 0 Å². The molecule has 4 unspecified atom stereocenters. The van der Waals surface area contributed by atoms with Crippen molar-refractivity contribution in [3.63, 3.8) is 0 Å². The molecule has 2 fully saturated rings. The van der Waals surface area contributed by atoms with Crippen molar-refractivity contribution < 1.29 is 4.74 Å². The molecule has 2 aliphatic rings. The molecule has 0 aliphatic carbocycles. The van der Waals surface area contributed by atoms with Gasteiger partial charge in [-0.05, 0) is 43.9 Å². The summed E-state index contributed by atoms with van der Waals surface area (Å²) >= 11 is 0. The fourth-order valence-electron chi connectivity index (χ4n) is 3.08. The zero-order chi connectivity index (χ0) is 12.5. The SMILES string of the molecule is CC(NC1CC2CCC1O2)c1ccc(C#N)cc1. The van der Waals surface area contributed by atoms with Gasteiger partial charge in [0.1, 0.15) is 0 Å². The summed E-state index contributed by atoms with van der Waals surface area (Å²) in [5.74, 6) is 0. The molecule has 0 aromatic heterocycles. The summed E-state index contributed by atoms with van der Waals surface area (Å²) in [7, 11) is 0. The van der Waals surface area contributed by atoms with Gasteiger partial charge in [-0.15, -0.1) is 0 Å². The highest BCUT2D eigenvalue weighted by atomic mass is 16.5. The molecule has 2 saturated heterocycles. The Bertz CT molecular complexity index is 462. The third-order valence-corrected chi connectivity index (χ3v) is 4.11. The lowest BCUT2D eigenvalue weighted by molar-refractivity contribution is 0.0962. The minimum atomic E-state index is 0.311. The van der Waals surface area contributed by atoms with Crippen LogP contribution in [0.3, 0.4) is 0 Å². The Balaban J connectivity index is 1.64. The maximum Gasteiger partial charge on any atom is 0.0991 e. The normalized spacial score (nSPS) is 31.2. The molecule has 94 valence electrons. The van der Waals surface area contributed by atoms with E-state index < -0.39 is 0 Å². The van der Waals surface area contributed by atoms with Crippen molar-refractivity contribution in [3.8, 4) is 6.07 Å². The maximum atomic E-state index is 8.79. The first-order chi connectivity index (χ1) is 8.76. The molecule has 1 N–H and O–H groups in total. The van der Waals surface area contributed by atoms with Gasteiger partial charge < -0.3 is 10.1 Å². The van der Waals surface area contributed by atoms with Crippen molar-refractivity contribution in [3.05, 3.63) is 35.4 Å². The second-order valence-corrected chi connectivity index (χ2v) is 5.34. The van der Waals surface area contributed by atoms with Crippen LogP contribution >= 0.6 is 0 Å². The number of ether oxygens (including phenoxy) is 1. The van der Waals surface area contributed by atoms with Crippen LogP contribution in [0.15, 0.2) is 24.3 Å². The fraction of sp³-hybridized carbons (Fsp3) is 0.533. The van der Waals surface area contributed by atoms with Gasteiger partial charge in [-0.1, -0.05) is 12.1 Å². The standard InChI is InChI=1S/C15H18N2O/c1-10(12-4-2-11(9-16)3-5-12)17-14-8-13-6-7-15(14)18-13/h2-5,10,13-15,17H,6-8H2,1H3. The van der Waals surface area contributed by atoms with Gasteiger partial charge in [-0.3, -0.25) is 0 Å². The molecular formula is C15H18N2O. The summed E-state index contributed by atoms with van der Waals surface area (Å²) < 4.78 is 5.85. The van der Waals surface area contributed by atoms with E-state index in [0.29, 0.717) is 29.9 Å². The van der Waals surface area contributed by atoms with Crippen LogP contribution in [-0.2, 0) is 4.74 Å². The molecule has 0 radical (unpaired) electrons. The summed E-state index contributed by atoms with van der Waals surface area (Å²) in [6, 6.07) is 10.8. The van der Waals surface area contributed by atoms with Crippen molar-refractivity contribution >= 4 is 0 Å². The highest BCUT2D eigenvalue weighted by molar-refractivity contribution is 5.32. The molecule has 3 nitrogen and oxygen atoms in total. The Labute approximate surface area is 108 Å². The first kappa shape index (κ1) is 11.7. The molecular weight excluding hydrogens is 224 g/mol. The van der Waals surface area contributed by atoms with Gasteiger partial charge in [0.15, 0.2) is 0 Å². The lowest BCUT2D eigenvalue weighted by Gasteiger charge is -2.24. The average Bonchev–Trinajstić information content (AvgIpc) is 3.01. The zero-order valence-electron chi connectivity index (χ0n) is 10.6. The summed E-state index contributed by atoms with van der Waals surface area (Å²) in [6.07, 6.45) is 4.47. The molecule has 0 amide bonds. The quantitative estimate of drug-likeness (QED) is 0.886. The van der Waals surface area contributed by atoms with E-state index in [1.807, 2.05) is 24.3 Å². The van der Waals surface area contributed by atoms with Crippen LogP contribution in [0.4, 0.5) is 0 Å². The third-order valence-electron chi connectivity index (χ3n) is 4.11. The lowest BCUT2D eigenvalue weighted by Crippen LogP contribution is -2.38. The average molecular weight is 242 g/mol. The molecule has 0 spiro atoms. The van der Waals surface area contributed by atoms with Crippen LogP contribution in [0.2, 0.25) is 0 Å². The van der Waals surface area contributed by atoms with Gasteiger partial charge >= 0.3 is 0 Å².